The fraction of sp³-hybridized carbons (Fsp3) is 0.0769. The van der Waals surface area contributed by atoms with Crippen molar-refractivity contribution < 1.29 is 23.1 Å². The Morgan fingerprint density at radius 1 is 1.11 bits per heavy atom. The number of halogens is 3. The number of alkyl halides is 3. The Morgan fingerprint density at radius 3 is 2.42 bits per heavy atom. The number of benzene rings is 1. The number of phenolic OH excluding ortho intramolecular Hbond substituents is 1. The molecule has 98 valence electrons. The summed E-state index contributed by atoms with van der Waals surface area (Å²) < 4.78 is 38.5. The number of carbonyl (C=O) groups excluding carboxylic acids is 1. The van der Waals surface area contributed by atoms with Crippen LogP contribution in [0.5, 0.6) is 5.75 Å². The van der Waals surface area contributed by atoms with E-state index in [-0.39, 0.29) is 5.69 Å². The van der Waals surface area contributed by atoms with Gasteiger partial charge in [-0.1, -0.05) is 12.1 Å². The van der Waals surface area contributed by atoms with Gasteiger partial charge >= 0.3 is 6.18 Å². The first kappa shape index (κ1) is 13.1. The summed E-state index contributed by atoms with van der Waals surface area (Å²) in [5, 5.41) is 9.54. The van der Waals surface area contributed by atoms with Crippen molar-refractivity contribution in [2.45, 2.75) is 6.18 Å². The number of nitrogens with zero attached hydrogens (tertiary/aromatic N) is 1. The van der Waals surface area contributed by atoms with Gasteiger partial charge in [-0.2, -0.15) is 13.2 Å². The Morgan fingerprint density at radius 2 is 1.84 bits per heavy atom. The van der Waals surface area contributed by atoms with Crippen LogP contribution < -0.4 is 0 Å². The van der Waals surface area contributed by atoms with E-state index in [0.29, 0.717) is 0 Å². The second-order valence-corrected chi connectivity index (χ2v) is 3.74. The van der Waals surface area contributed by atoms with Gasteiger partial charge in [-0.05, 0) is 24.3 Å². The number of carbonyl (C=O) groups is 1. The zero-order chi connectivity index (χ0) is 14.0. The number of aromatic hydroxyl groups is 1. The Labute approximate surface area is 106 Å². The highest BCUT2D eigenvalue weighted by molar-refractivity contribution is 6.10. The molecule has 0 fully saturated rings. The quantitative estimate of drug-likeness (QED) is 0.851. The maximum absolute atomic E-state index is 12.8. The second-order valence-electron chi connectivity index (χ2n) is 3.74. The van der Waals surface area contributed by atoms with Gasteiger partial charge in [0.05, 0.1) is 11.1 Å². The van der Waals surface area contributed by atoms with Crippen LogP contribution in [0.4, 0.5) is 13.2 Å². The maximum atomic E-state index is 12.8. The van der Waals surface area contributed by atoms with Gasteiger partial charge in [0.1, 0.15) is 11.4 Å². The molecular formula is C13H8F3NO2. The van der Waals surface area contributed by atoms with Crippen molar-refractivity contribution in [1.29, 1.82) is 0 Å². The van der Waals surface area contributed by atoms with E-state index in [0.717, 1.165) is 18.2 Å². The molecule has 1 N–H and O–H groups in total. The largest absolute Gasteiger partial charge is 0.507 e. The third-order valence-electron chi connectivity index (χ3n) is 2.47. The molecule has 0 saturated carbocycles. The van der Waals surface area contributed by atoms with Gasteiger partial charge in [-0.3, -0.25) is 9.78 Å². The monoisotopic (exact) mass is 267 g/mol. The van der Waals surface area contributed by atoms with Crippen LogP contribution in [0.25, 0.3) is 0 Å². The first-order chi connectivity index (χ1) is 8.91. The predicted octanol–water partition coefficient (Wildman–Crippen LogP) is 3.04. The molecule has 0 aliphatic rings. The molecule has 0 bridgehead atoms. The van der Waals surface area contributed by atoms with Crippen LogP contribution in [0.3, 0.4) is 0 Å². The third kappa shape index (κ3) is 2.57. The molecule has 0 aliphatic carbocycles. The summed E-state index contributed by atoms with van der Waals surface area (Å²) in [6.07, 6.45) is -3.43. The molecule has 0 amide bonds. The molecule has 19 heavy (non-hydrogen) atoms. The van der Waals surface area contributed by atoms with E-state index >= 15 is 0 Å². The zero-order valence-electron chi connectivity index (χ0n) is 9.48. The summed E-state index contributed by atoms with van der Waals surface area (Å²) in [5.74, 6) is -1.68. The second kappa shape index (κ2) is 4.72. The minimum Gasteiger partial charge on any atom is -0.507 e. The SMILES string of the molecule is O=C(c1ccccn1)c1c(O)cccc1C(F)(F)F. The van der Waals surface area contributed by atoms with E-state index in [4.69, 9.17) is 0 Å². The Bertz CT molecular complexity index is 609. The zero-order valence-corrected chi connectivity index (χ0v) is 9.48. The van der Waals surface area contributed by atoms with E-state index in [1.165, 1.54) is 24.4 Å². The van der Waals surface area contributed by atoms with Crippen molar-refractivity contribution in [3.63, 3.8) is 0 Å². The lowest BCUT2D eigenvalue weighted by atomic mass is 9.99. The number of ketones is 1. The molecule has 1 heterocycles. The molecule has 2 aromatic rings. The standard InChI is InChI=1S/C13H8F3NO2/c14-13(15,16)8-4-3-6-10(18)11(8)12(19)9-5-1-2-7-17-9/h1-7,18H. The Hall–Kier alpha value is -2.37. The summed E-state index contributed by atoms with van der Waals surface area (Å²) in [7, 11) is 0. The van der Waals surface area contributed by atoms with Crippen LogP contribution in [0.2, 0.25) is 0 Å². The molecule has 1 aromatic heterocycles. The topological polar surface area (TPSA) is 50.2 Å². The Kier molecular flexibility index (Phi) is 3.25. The van der Waals surface area contributed by atoms with E-state index in [1.807, 2.05) is 0 Å². The van der Waals surface area contributed by atoms with Crippen LogP contribution in [-0.2, 0) is 6.18 Å². The van der Waals surface area contributed by atoms with Crippen molar-refractivity contribution in [2.24, 2.45) is 0 Å². The first-order valence-corrected chi connectivity index (χ1v) is 5.26. The molecule has 0 spiro atoms. The fourth-order valence-electron chi connectivity index (χ4n) is 1.64. The van der Waals surface area contributed by atoms with Crippen LogP contribution >= 0.6 is 0 Å². The lowest BCUT2D eigenvalue weighted by molar-refractivity contribution is -0.138. The normalized spacial score (nSPS) is 11.3. The molecule has 1 aromatic carbocycles. The third-order valence-corrected chi connectivity index (χ3v) is 2.47. The number of aromatic nitrogens is 1. The van der Waals surface area contributed by atoms with E-state index < -0.39 is 28.8 Å². The van der Waals surface area contributed by atoms with Crippen LogP contribution in [-0.4, -0.2) is 15.9 Å². The molecule has 6 heteroatoms. The molecule has 2 rings (SSSR count). The molecule has 0 unspecified atom stereocenters. The molecular weight excluding hydrogens is 259 g/mol. The summed E-state index contributed by atoms with van der Waals surface area (Å²) in [4.78, 5) is 15.7. The van der Waals surface area contributed by atoms with Crippen LogP contribution in [0.1, 0.15) is 21.6 Å². The van der Waals surface area contributed by atoms with Gasteiger partial charge in [-0.25, -0.2) is 0 Å². The summed E-state index contributed by atoms with van der Waals surface area (Å²) in [6, 6.07) is 7.11. The van der Waals surface area contributed by atoms with E-state index in [2.05, 4.69) is 4.98 Å². The van der Waals surface area contributed by atoms with Gasteiger partial charge in [0.15, 0.2) is 0 Å². The number of rotatable bonds is 2. The molecule has 3 nitrogen and oxygen atoms in total. The molecule has 0 aliphatic heterocycles. The summed E-state index contributed by atoms with van der Waals surface area (Å²) in [5.41, 5.74) is -2.12. The van der Waals surface area contributed by atoms with Crippen molar-refractivity contribution in [1.82, 2.24) is 4.98 Å². The maximum Gasteiger partial charge on any atom is 0.417 e. The van der Waals surface area contributed by atoms with Crippen molar-refractivity contribution in [2.75, 3.05) is 0 Å². The first-order valence-electron chi connectivity index (χ1n) is 5.26. The van der Waals surface area contributed by atoms with Gasteiger partial charge < -0.3 is 5.11 Å². The number of phenols is 1. The Balaban J connectivity index is 2.60. The highest BCUT2D eigenvalue weighted by Gasteiger charge is 2.37. The lowest BCUT2D eigenvalue weighted by Gasteiger charge is -2.12. The van der Waals surface area contributed by atoms with Gasteiger partial charge in [0, 0.05) is 6.20 Å². The van der Waals surface area contributed by atoms with Gasteiger partial charge in [0.25, 0.3) is 0 Å². The number of pyridine rings is 1. The average Bonchev–Trinajstić information content (AvgIpc) is 2.37. The van der Waals surface area contributed by atoms with Gasteiger partial charge in [0.2, 0.25) is 5.78 Å². The fourth-order valence-corrected chi connectivity index (χ4v) is 1.64. The van der Waals surface area contributed by atoms with E-state index in [1.54, 1.807) is 0 Å². The summed E-state index contributed by atoms with van der Waals surface area (Å²) >= 11 is 0. The molecule has 0 atom stereocenters. The lowest BCUT2D eigenvalue weighted by Crippen LogP contribution is -2.14. The average molecular weight is 267 g/mol. The summed E-state index contributed by atoms with van der Waals surface area (Å²) in [6.45, 7) is 0. The molecule has 0 saturated heterocycles. The minimum absolute atomic E-state index is 0.158. The van der Waals surface area contributed by atoms with Crippen LogP contribution in [0, 0.1) is 0 Å². The van der Waals surface area contributed by atoms with E-state index in [9.17, 15) is 23.1 Å². The molecule has 0 radical (unpaired) electrons. The smallest absolute Gasteiger partial charge is 0.417 e. The number of hydrogen-bond acceptors (Lipinski definition) is 3. The highest BCUT2D eigenvalue weighted by Crippen LogP contribution is 2.36. The highest BCUT2D eigenvalue weighted by atomic mass is 19.4. The van der Waals surface area contributed by atoms with Gasteiger partial charge in [-0.15, -0.1) is 0 Å². The van der Waals surface area contributed by atoms with Crippen molar-refractivity contribution in [3.8, 4) is 5.75 Å². The minimum atomic E-state index is -4.72. The predicted molar refractivity (Wildman–Crippen MR) is 60.8 cm³/mol. The van der Waals surface area contributed by atoms with Crippen molar-refractivity contribution in [3.05, 3.63) is 59.4 Å². The number of hydrogen-bond donors (Lipinski definition) is 1. The van der Waals surface area contributed by atoms with Crippen molar-refractivity contribution >= 4 is 5.78 Å². The van der Waals surface area contributed by atoms with Crippen LogP contribution in [0.15, 0.2) is 42.6 Å².